The van der Waals surface area contributed by atoms with Gasteiger partial charge in [-0.15, -0.1) is 0 Å². The highest BCUT2D eigenvalue weighted by molar-refractivity contribution is 9.10. The highest BCUT2D eigenvalue weighted by atomic mass is 79.9. The molecule has 0 spiro atoms. The van der Waals surface area contributed by atoms with Crippen LogP contribution in [-0.4, -0.2) is 19.3 Å². The minimum absolute atomic E-state index is 0.00856. The van der Waals surface area contributed by atoms with Crippen LogP contribution < -0.4 is 10.0 Å². The monoisotopic (exact) mass is 459 g/mol. The van der Waals surface area contributed by atoms with Crippen molar-refractivity contribution in [1.29, 1.82) is 0 Å². The first-order valence-corrected chi connectivity index (χ1v) is 10.7. The van der Waals surface area contributed by atoms with Crippen LogP contribution in [0.4, 0.5) is 11.5 Å². The number of halogens is 1. The minimum atomic E-state index is -3.86. The van der Waals surface area contributed by atoms with Crippen molar-refractivity contribution in [2.24, 2.45) is 0 Å². The number of sulfonamides is 1. The molecule has 3 aromatic rings. The number of aryl methyl sites for hydroxylation is 2. The van der Waals surface area contributed by atoms with Crippen LogP contribution in [0.15, 0.2) is 70.2 Å². The van der Waals surface area contributed by atoms with Crippen molar-refractivity contribution in [1.82, 2.24) is 4.98 Å². The van der Waals surface area contributed by atoms with E-state index in [1.165, 1.54) is 18.2 Å². The molecule has 0 saturated carbocycles. The molecule has 1 amide bonds. The molecule has 0 bridgehead atoms. The topological polar surface area (TPSA) is 88.2 Å². The van der Waals surface area contributed by atoms with Crippen LogP contribution in [0.1, 0.15) is 21.5 Å². The third kappa shape index (κ3) is 4.76. The third-order valence-corrected chi connectivity index (χ3v) is 5.98. The lowest BCUT2D eigenvalue weighted by Crippen LogP contribution is -2.16. The van der Waals surface area contributed by atoms with E-state index in [-0.39, 0.29) is 10.5 Å². The van der Waals surface area contributed by atoms with Crippen molar-refractivity contribution in [2.45, 2.75) is 18.7 Å². The normalized spacial score (nSPS) is 11.1. The van der Waals surface area contributed by atoms with E-state index in [2.05, 4.69) is 31.0 Å². The van der Waals surface area contributed by atoms with Gasteiger partial charge in [-0.2, -0.15) is 0 Å². The summed E-state index contributed by atoms with van der Waals surface area (Å²) in [5, 5.41) is 2.67. The van der Waals surface area contributed by atoms with Gasteiger partial charge in [-0.3, -0.25) is 9.52 Å². The zero-order valence-corrected chi connectivity index (χ0v) is 17.6. The van der Waals surface area contributed by atoms with Crippen LogP contribution >= 0.6 is 15.9 Å². The van der Waals surface area contributed by atoms with E-state index in [0.717, 1.165) is 11.1 Å². The zero-order valence-electron chi connectivity index (χ0n) is 15.2. The van der Waals surface area contributed by atoms with Crippen LogP contribution in [0.5, 0.6) is 0 Å². The molecule has 2 N–H and O–H groups in total. The fraction of sp³-hybridized carbons (Fsp3) is 0.100. The Labute approximate surface area is 172 Å². The SMILES string of the molecule is Cc1ccnc(NC(=O)c2cccc(S(=O)(=O)Nc3cc(C)ccc3Br)c2)c1. The lowest BCUT2D eigenvalue weighted by atomic mass is 10.2. The lowest BCUT2D eigenvalue weighted by molar-refractivity contribution is 0.102. The van der Waals surface area contributed by atoms with Gasteiger partial charge in [0.1, 0.15) is 5.82 Å². The summed E-state index contributed by atoms with van der Waals surface area (Å²) in [4.78, 5) is 16.6. The number of aromatic nitrogens is 1. The van der Waals surface area contributed by atoms with Crippen molar-refractivity contribution < 1.29 is 13.2 Å². The molecule has 1 aromatic heterocycles. The number of anilines is 2. The van der Waals surface area contributed by atoms with E-state index < -0.39 is 15.9 Å². The molecule has 0 saturated heterocycles. The molecule has 0 radical (unpaired) electrons. The lowest BCUT2D eigenvalue weighted by Gasteiger charge is -2.12. The molecule has 28 heavy (non-hydrogen) atoms. The van der Waals surface area contributed by atoms with Gasteiger partial charge in [0, 0.05) is 16.2 Å². The van der Waals surface area contributed by atoms with Crippen molar-refractivity contribution in [2.75, 3.05) is 10.0 Å². The zero-order chi connectivity index (χ0) is 20.3. The Kier molecular flexibility index (Phi) is 5.81. The summed E-state index contributed by atoms with van der Waals surface area (Å²) < 4.78 is 28.7. The quantitative estimate of drug-likeness (QED) is 0.587. The highest BCUT2D eigenvalue weighted by Gasteiger charge is 2.18. The number of nitrogens with one attached hydrogen (secondary N) is 2. The van der Waals surface area contributed by atoms with Crippen LogP contribution in [0.25, 0.3) is 0 Å². The maximum absolute atomic E-state index is 12.8. The molecule has 144 valence electrons. The maximum atomic E-state index is 12.8. The van der Waals surface area contributed by atoms with Gasteiger partial charge in [0.2, 0.25) is 0 Å². The standard InChI is InChI=1S/C20H18BrN3O3S/c1-13-6-7-17(21)18(10-13)24-28(26,27)16-5-3-4-15(12-16)20(25)23-19-11-14(2)8-9-22-19/h3-12,24H,1-2H3,(H,22,23,25). The Bertz CT molecular complexity index is 1150. The number of benzene rings is 2. The number of carbonyl (C=O) groups is 1. The molecule has 0 fully saturated rings. The Morgan fingerprint density at radius 1 is 1.00 bits per heavy atom. The summed E-state index contributed by atoms with van der Waals surface area (Å²) in [6.07, 6.45) is 1.59. The van der Waals surface area contributed by atoms with Crippen molar-refractivity contribution in [3.8, 4) is 0 Å². The summed E-state index contributed by atoms with van der Waals surface area (Å²) in [6, 6.07) is 14.8. The van der Waals surface area contributed by atoms with Gasteiger partial charge in [0.25, 0.3) is 15.9 Å². The molecular formula is C20H18BrN3O3S. The molecule has 0 aliphatic heterocycles. The van der Waals surface area contributed by atoms with Gasteiger partial charge in [0.15, 0.2) is 0 Å². The molecule has 8 heteroatoms. The fourth-order valence-corrected chi connectivity index (χ4v) is 4.11. The van der Waals surface area contributed by atoms with Crippen LogP contribution in [-0.2, 0) is 10.0 Å². The van der Waals surface area contributed by atoms with Crippen molar-refractivity contribution >= 4 is 43.4 Å². The Balaban J connectivity index is 1.85. The number of hydrogen-bond acceptors (Lipinski definition) is 4. The second-order valence-electron chi connectivity index (χ2n) is 6.29. The summed E-state index contributed by atoms with van der Waals surface area (Å²) in [5.41, 5.74) is 2.52. The van der Waals surface area contributed by atoms with E-state index >= 15 is 0 Å². The number of amides is 1. The van der Waals surface area contributed by atoms with E-state index in [4.69, 9.17) is 0 Å². The smallest absolute Gasteiger partial charge is 0.261 e. The molecule has 0 aliphatic carbocycles. The van der Waals surface area contributed by atoms with Gasteiger partial charge >= 0.3 is 0 Å². The molecule has 0 atom stereocenters. The number of carbonyl (C=O) groups excluding carboxylic acids is 1. The molecule has 6 nitrogen and oxygen atoms in total. The molecule has 3 rings (SSSR count). The predicted molar refractivity (Wildman–Crippen MR) is 113 cm³/mol. The first kappa shape index (κ1) is 20.0. The highest BCUT2D eigenvalue weighted by Crippen LogP contribution is 2.26. The van der Waals surface area contributed by atoms with Crippen LogP contribution in [0, 0.1) is 13.8 Å². The van der Waals surface area contributed by atoms with E-state index in [1.54, 1.807) is 30.5 Å². The van der Waals surface area contributed by atoms with Gasteiger partial charge in [0.05, 0.1) is 10.6 Å². The van der Waals surface area contributed by atoms with Gasteiger partial charge in [-0.25, -0.2) is 13.4 Å². The first-order valence-electron chi connectivity index (χ1n) is 8.38. The fourth-order valence-electron chi connectivity index (χ4n) is 2.52. The summed E-state index contributed by atoms with van der Waals surface area (Å²) in [6.45, 7) is 3.76. The van der Waals surface area contributed by atoms with E-state index in [1.807, 2.05) is 26.0 Å². The van der Waals surface area contributed by atoms with Gasteiger partial charge in [-0.05, 0) is 83.4 Å². The van der Waals surface area contributed by atoms with Crippen molar-refractivity contribution in [3.63, 3.8) is 0 Å². The summed E-state index contributed by atoms with van der Waals surface area (Å²) >= 11 is 3.34. The second-order valence-corrected chi connectivity index (χ2v) is 8.83. The second kappa shape index (κ2) is 8.12. The average Bonchev–Trinajstić information content (AvgIpc) is 2.64. The summed E-state index contributed by atoms with van der Waals surface area (Å²) in [7, 11) is -3.86. The van der Waals surface area contributed by atoms with Crippen molar-refractivity contribution in [3.05, 3.63) is 82.0 Å². The number of pyridine rings is 1. The van der Waals surface area contributed by atoms with Gasteiger partial charge < -0.3 is 5.32 Å². The van der Waals surface area contributed by atoms with E-state index in [9.17, 15) is 13.2 Å². The number of nitrogens with zero attached hydrogens (tertiary/aromatic N) is 1. The largest absolute Gasteiger partial charge is 0.307 e. The van der Waals surface area contributed by atoms with E-state index in [0.29, 0.717) is 16.0 Å². The molecule has 1 heterocycles. The van der Waals surface area contributed by atoms with Crippen LogP contribution in [0.2, 0.25) is 0 Å². The predicted octanol–water partition coefficient (Wildman–Crippen LogP) is 4.51. The van der Waals surface area contributed by atoms with Crippen LogP contribution in [0.3, 0.4) is 0 Å². The first-order chi connectivity index (χ1) is 13.2. The third-order valence-electron chi connectivity index (χ3n) is 3.93. The Morgan fingerprint density at radius 2 is 1.75 bits per heavy atom. The molecular weight excluding hydrogens is 442 g/mol. The Morgan fingerprint density at radius 3 is 2.50 bits per heavy atom. The van der Waals surface area contributed by atoms with Gasteiger partial charge in [-0.1, -0.05) is 12.1 Å². The molecule has 0 unspecified atom stereocenters. The average molecular weight is 460 g/mol. The number of hydrogen-bond donors (Lipinski definition) is 2. The summed E-state index contributed by atoms with van der Waals surface area (Å²) in [5.74, 6) is -0.0352. The minimum Gasteiger partial charge on any atom is -0.307 e. The molecule has 2 aromatic carbocycles. The number of rotatable bonds is 5. The Hall–Kier alpha value is -2.71. The maximum Gasteiger partial charge on any atom is 0.261 e. The molecule has 0 aliphatic rings.